The van der Waals surface area contributed by atoms with E-state index in [1.165, 1.54) is 18.1 Å². The molecule has 0 aromatic carbocycles. The second-order valence-corrected chi connectivity index (χ2v) is 5.35. The molecule has 0 N–H and O–H groups in total. The lowest BCUT2D eigenvalue weighted by Gasteiger charge is -2.13. The summed E-state index contributed by atoms with van der Waals surface area (Å²) in [5.74, 6) is 2.70. The Balaban J connectivity index is 2.11. The van der Waals surface area contributed by atoms with Crippen LogP contribution in [-0.2, 0) is 0 Å². The topological polar surface area (TPSA) is 3.24 Å². The smallest absolute Gasteiger partial charge is 0.0629 e. The fourth-order valence-electron chi connectivity index (χ4n) is 0.811. The van der Waals surface area contributed by atoms with Crippen LogP contribution >= 0.6 is 23.5 Å². The molecule has 0 saturated carbocycles. The highest BCUT2D eigenvalue weighted by Gasteiger charge is 2.15. The minimum Gasteiger partial charge on any atom is -0.307 e. The molecule has 0 unspecified atom stereocenters. The van der Waals surface area contributed by atoms with Gasteiger partial charge in [-0.05, 0) is 14.1 Å². The van der Waals surface area contributed by atoms with Crippen molar-refractivity contribution in [1.82, 2.24) is 4.90 Å². The molecule has 1 fully saturated rings. The van der Waals surface area contributed by atoms with Crippen molar-refractivity contribution in [2.45, 2.75) is 4.58 Å². The summed E-state index contributed by atoms with van der Waals surface area (Å²) in [7, 11) is 4.28. The van der Waals surface area contributed by atoms with E-state index >= 15 is 0 Å². The van der Waals surface area contributed by atoms with Crippen molar-refractivity contribution in [3.63, 3.8) is 0 Å². The van der Waals surface area contributed by atoms with Gasteiger partial charge in [-0.25, -0.2) is 0 Å². The molecule has 0 atom stereocenters. The molecule has 0 amide bonds. The van der Waals surface area contributed by atoms with Crippen LogP contribution in [0.15, 0.2) is 0 Å². The quantitative estimate of drug-likeness (QED) is 0.605. The first-order chi connectivity index (χ1) is 4.29. The molecule has 0 bridgehead atoms. The van der Waals surface area contributed by atoms with E-state index in [4.69, 9.17) is 0 Å². The standard InChI is InChI=1S/C6H13NS2/c1-7(2)5-6-8-3-4-9-6/h6H,3-5H2,1-2H3. The monoisotopic (exact) mass is 163 g/mol. The van der Waals surface area contributed by atoms with Crippen molar-refractivity contribution in [2.24, 2.45) is 0 Å². The summed E-state index contributed by atoms with van der Waals surface area (Å²) in [4.78, 5) is 2.26. The third-order valence-corrected chi connectivity index (χ3v) is 4.20. The van der Waals surface area contributed by atoms with Crippen molar-refractivity contribution >= 4 is 23.5 Å². The zero-order valence-corrected chi connectivity index (χ0v) is 7.60. The molecule has 9 heavy (non-hydrogen) atoms. The summed E-state index contributed by atoms with van der Waals surface area (Å²) in [6.45, 7) is 1.23. The second-order valence-electron chi connectivity index (χ2n) is 2.43. The van der Waals surface area contributed by atoms with E-state index in [9.17, 15) is 0 Å². The molecule has 54 valence electrons. The molecule has 0 radical (unpaired) electrons. The lowest BCUT2D eigenvalue weighted by molar-refractivity contribution is 0.431. The van der Waals surface area contributed by atoms with Gasteiger partial charge in [0.2, 0.25) is 0 Å². The van der Waals surface area contributed by atoms with Crippen LogP contribution in [0.5, 0.6) is 0 Å². The van der Waals surface area contributed by atoms with Crippen LogP contribution in [0.4, 0.5) is 0 Å². The lowest BCUT2D eigenvalue weighted by Crippen LogP contribution is -2.19. The Hall–Kier alpha value is 0.660. The third-order valence-electron chi connectivity index (χ3n) is 1.21. The summed E-state index contributed by atoms with van der Waals surface area (Å²) in [6, 6.07) is 0. The molecule has 1 saturated heterocycles. The maximum atomic E-state index is 2.26. The van der Waals surface area contributed by atoms with Crippen molar-refractivity contribution in [2.75, 3.05) is 32.1 Å². The van der Waals surface area contributed by atoms with E-state index in [2.05, 4.69) is 42.5 Å². The summed E-state index contributed by atoms with van der Waals surface area (Å²) < 4.78 is 0.847. The molecule has 1 rings (SSSR count). The predicted molar refractivity (Wildman–Crippen MR) is 47.3 cm³/mol. The van der Waals surface area contributed by atoms with E-state index in [0.717, 1.165) is 4.58 Å². The molecule has 0 spiro atoms. The van der Waals surface area contributed by atoms with Crippen LogP contribution < -0.4 is 0 Å². The zero-order chi connectivity index (χ0) is 6.69. The first-order valence-electron chi connectivity index (χ1n) is 3.17. The minimum absolute atomic E-state index is 0.847. The van der Waals surface area contributed by atoms with Gasteiger partial charge in [-0.1, -0.05) is 0 Å². The normalized spacial score (nSPS) is 21.7. The van der Waals surface area contributed by atoms with E-state index in [-0.39, 0.29) is 0 Å². The van der Waals surface area contributed by atoms with E-state index in [1.54, 1.807) is 0 Å². The predicted octanol–water partition coefficient (Wildman–Crippen LogP) is 1.35. The molecule has 3 heteroatoms. The third kappa shape index (κ3) is 2.83. The Kier molecular flexibility index (Phi) is 3.22. The van der Waals surface area contributed by atoms with Crippen LogP contribution in [0.2, 0.25) is 0 Å². The van der Waals surface area contributed by atoms with Gasteiger partial charge in [0.15, 0.2) is 0 Å². The SMILES string of the molecule is CN(C)CC1SCCS1. The van der Waals surface area contributed by atoms with Gasteiger partial charge in [0.05, 0.1) is 4.58 Å². The molecular weight excluding hydrogens is 150 g/mol. The fraction of sp³-hybridized carbons (Fsp3) is 1.00. The Morgan fingerprint density at radius 3 is 2.33 bits per heavy atom. The molecule has 0 aromatic heterocycles. The lowest BCUT2D eigenvalue weighted by atomic mass is 10.7. The van der Waals surface area contributed by atoms with Gasteiger partial charge in [0.1, 0.15) is 0 Å². The average Bonchev–Trinajstić information content (AvgIpc) is 2.15. The summed E-state index contributed by atoms with van der Waals surface area (Å²) in [6.07, 6.45) is 0. The molecule has 0 aromatic rings. The number of hydrogen-bond donors (Lipinski definition) is 0. The molecular formula is C6H13NS2. The van der Waals surface area contributed by atoms with Gasteiger partial charge in [-0.2, -0.15) is 0 Å². The van der Waals surface area contributed by atoms with Crippen LogP contribution in [0.25, 0.3) is 0 Å². The molecule has 0 aliphatic carbocycles. The average molecular weight is 163 g/mol. The van der Waals surface area contributed by atoms with Crippen LogP contribution in [0.3, 0.4) is 0 Å². The summed E-state index contributed by atoms with van der Waals surface area (Å²) in [5, 5.41) is 0. The van der Waals surface area contributed by atoms with Gasteiger partial charge in [-0.15, -0.1) is 23.5 Å². The van der Waals surface area contributed by atoms with Crippen LogP contribution in [-0.4, -0.2) is 41.6 Å². The van der Waals surface area contributed by atoms with Crippen LogP contribution in [0.1, 0.15) is 0 Å². The molecule has 1 nitrogen and oxygen atoms in total. The van der Waals surface area contributed by atoms with Crippen molar-refractivity contribution in [3.05, 3.63) is 0 Å². The van der Waals surface area contributed by atoms with E-state index < -0.39 is 0 Å². The highest BCUT2D eigenvalue weighted by atomic mass is 32.2. The van der Waals surface area contributed by atoms with Crippen molar-refractivity contribution < 1.29 is 0 Å². The Morgan fingerprint density at radius 1 is 1.33 bits per heavy atom. The largest absolute Gasteiger partial charge is 0.307 e. The molecule has 1 aliphatic heterocycles. The summed E-state index contributed by atoms with van der Waals surface area (Å²) >= 11 is 4.18. The van der Waals surface area contributed by atoms with Gasteiger partial charge in [-0.3, -0.25) is 0 Å². The highest BCUT2D eigenvalue weighted by Crippen LogP contribution is 2.31. The summed E-state index contributed by atoms with van der Waals surface area (Å²) in [5.41, 5.74) is 0. The van der Waals surface area contributed by atoms with Gasteiger partial charge in [0, 0.05) is 18.1 Å². The fourth-order valence-corrected chi connectivity index (χ4v) is 3.88. The van der Waals surface area contributed by atoms with Crippen molar-refractivity contribution in [1.29, 1.82) is 0 Å². The maximum absolute atomic E-state index is 2.26. The Morgan fingerprint density at radius 2 is 1.89 bits per heavy atom. The Labute approximate surface area is 65.6 Å². The number of hydrogen-bond acceptors (Lipinski definition) is 3. The highest BCUT2D eigenvalue weighted by molar-refractivity contribution is 8.20. The van der Waals surface area contributed by atoms with Gasteiger partial charge >= 0.3 is 0 Å². The zero-order valence-electron chi connectivity index (χ0n) is 5.96. The Bertz CT molecular complexity index is 79.1. The van der Waals surface area contributed by atoms with E-state index in [1.807, 2.05) is 0 Å². The number of thioether (sulfide) groups is 2. The number of nitrogens with zero attached hydrogens (tertiary/aromatic N) is 1. The first-order valence-corrected chi connectivity index (χ1v) is 5.27. The number of rotatable bonds is 2. The molecule has 1 aliphatic rings. The minimum atomic E-state index is 0.847. The first kappa shape index (κ1) is 7.76. The van der Waals surface area contributed by atoms with E-state index in [0.29, 0.717) is 0 Å². The second kappa shape index (κ2) is 3.74. The van der Waals surface area contributed by atoms with Crippen LogP contribution in [0, 0.1) is 0 Å². The maximum Gasteiger partial charge on any atom is 0.0629 e. The van der Waals surface area contributed by atoms with Crippen molar-refractivity contribution in [3.8, 4) is 0 Å². The molecule has 1 heterocycles. The van der Waals surface area contributed by atoms with Gasteiger partial charge in [0.25, 0.3) is 0 Å². The van der Waals surface area contributed by atoms with Gasteiger partial charge < -0.3 is 4.90 Å².